The maximum absolute atomic E-state index is 13.0. The zero-order valence-corrected chi connectivity index (χ0v) is 17.6. The molecule has 5 rings (SSSR count). The summed E-state index contributed by atoms with van der Waals surface area (Å²) in [4.78, 5) is 27.2. The number of hydrazone groups is 1. The first-order chi connectivity index (χ1) is 15.6. The van der Waals surface area contributed by atoms with E-state index in [4.69, 9.17) is 0 Å². The summed E-state index contributed by atoms with van der Waals surface area (Å²) in [5.74, 6) is -0.278. The minimum Gasteiger partial charge on any atom is -0.303 e. The standard InChI is InChI=1S/C27H21N3O2/c1-18-6-2-3-7-22(18)16-28-29-26(31)21-14-12-19(13-15-21)17-30-24-11-5-9-20-8-4-10-23(25(20)24)27(30)32/h2-16H,17H2,1H3,(H,29,31). The van der Waals surface area contributed by atoms with Crippen LogP contribution in [0.25, 0.3) is 10.8 Å². The van der Waals surface area contributed by atoms with Gasteiger partial charge in [-0.3, -0.25) is 9.59 Å². The van der Waals surface area contributed by atoms with Gasteiger partial charge in [0.15, 0.2) is 0 Å². The smallest absolute Gasteiger partial charge is 0.271 e. The van der Waals surface area contributed by atoms with Crippen LogP contribution in [0.5, 0.6) is 0 Å². The van der Waals surface area contributed by atoms with E-state index in [-0.39, 0.29) is 11.8 Å². The van der Waals surface area contributed by atoms with E-state index in [0.29, 0.717) is 12.1 Å². The zero-order chi connectivity index (χ0) is 22.1. The number of nitrogens with zero attached hydrogens (tertiary/aromatic N) is 2. The monoisotopic (exact) mass is 419 g/mol. The minimum absolute atomic E-state index is 0.00385. The first-order valence-electron chi connectivity index (χ1n) is 10.4. The van der Waals surface area contributed by atoms with Crippen LogP contribution in [0, 0.1) is 6.92 Å². The molecule has 0 saturated carbocycles. The number of nitrogens with one attached hydrogen (secondary N) is 1. The number of benzene rings is 4. The highest BCUT2D eigenvalue weighted by molar-refractivity contribution is 6.24. The molecule has 5 nitrogen and oxygen atoms in total. The zero-order valence-electron chi connectivity index (χ0n) is 17.6. The highest BCUT2D eigenvalue weighted by Crippen LogP contribution is 2.37. The Bertz CT molecular complexity index is 1370. The molecule has 1 N–H and O–H groups in total. The predicted octanol–water partition coefficient (Wildman–Crippen LogP) is 5.07. The number of carbonyl (C=O) groups excluding carboxylic acids is 2. The second-order valence-electron chi connectivity index (χ2n) is 7.82. The van der Waals surface area contributed by atoms with Crippen molar-refractivity contribution in [3.8, 4) is 0 Å². The van der Waals surface area contributed by atoms with Crippen molar-refractivity contribution in [1.82, 2.24) is 5.43 Å². The van der Waals surface area contributed by atoms with Gasteiger partial charge >= 0.3 is 0 Å². The molecule has 0 unspecified atom stereocenters. The molecule has 4 aromatic carbocycles. The highest BCUT2D eigenvalue weighted by atomic mass is 16.2. The fraction of sp³-hybridized carbons (Fsp3) is 0.0741. The molecule has 0 fully saturated rings. The molecule has 0 spiro atoms. The lowest BCUT2D eigenvalue weighted by Gasteiger charge is -2.18. The Morgan fingerprint density at radius 3 is 2.47 bits per heavy atom. The Labute approximate surface area is 186 Å². The third-order valence-electron chi connectivity index (χ3n) is 5.76. The Balaban J connectivity index is 1.29. The molecule has 0 atom stereocenters. The molecular weight excluding hydrogens is 398 g/mol. The largest absolute Gasteiger partial charge is 0.303 e. The van der Waals surface area contributed by atoms with Crippen LogP contribution in [0.2, 0.25) is 0 Å². The van der Waals surface area contributed by atoms with Gasteiger partial charge in [-0.05, 0) is 53.3 Å². The van der Waals surface area contributed by atoms with Gasteiger partial charge in [-0.25, -0.2) is 5.43 Å². The highest BCUT2D eigenvalue weighted by Gasteiger charge is 2.29. The predicted molar refractivity (Wildman–Crippen MR) is 127 cm³/mol. The van der Waals surface area contributed by atoms with Crippen molar-refractivity contribution in [2.24, 2.45) is 5.10 Å². The van der Waals surface area contributed by atoms with Crippen molar-refractivity contribution in [3.05, 3.63) is 113 Å². The van der Waals surface area contributed by atoms with E-state index in [1.165, 1.54) is 0 Å². The minimum atomic E-state index is -0.282. The molecule has 1 heterocycles. The van der Waals surface area contributed by atoms with Gasteiger partial charge in [0.2, 0.25) is 0 Å². The lowest BCUT2D eigenvalue weighted by atomic mass is 10.1. The van der Waals surface area contributed by atoms with Gasteiger partial charge < -0.3 is 4.90 Å². The van der Waals surface area contributed by atoms with Crippen molar-refractivity contribution in [2.45, 2.75) is 13.5 Å². The number of amides is 2. The average Bonchev–Trinajstić information content (AvgIpc) is 3.09. The van der Waals surface area contributed by atoms with Crippen LogP contribution in [0.1, 0.15) is 37.4 Å². The van der Waals surface area contributed by atoms with E-state index in [2.05, 4.69) is 10.5 Å². The number of anilines is 1. The Kier molecular flexibility index (Phi) is 5.00. The van der Waals surface area contributed by atoms with Crippen molar-refractivity contribution < 1.29 is 9.59 Å². The van der Waals surface area contributed by atoms with Gasteiger partial charge in [0.25, 0.3) is 11.8 Å². The second kappa shape index (κ2) is 8.12. The summed E-state index contributed by atoms with van der Waals surface area (Å²) in [5.41, 5.74) is 7.72. The molecule has 32 heavy (non-hydrogen) atoms. The maximum Gasteiger partial charge on any atom is 0.271 e. The molecule has 0 aliphatic carbocycles. The van der Waals surface area contributed by atoms with Gasteiger partial charge in [-0.15, -0.1) is 0 Å². The first-order valence-corrected chi connectivity index (χ1v) is 10.4. The van der Waals surface area contributed by atoms with Crippen LogP contribution in [-0.2, 0) is 6.54 Å². The first kappa shape index (κ1) is 19.7. The van der Waals surface area contributed by atoms with Gasteiger partial charge in [-0.1, -0.05) is 60.7 Å². The summed E-state index contributed by atoms with van der Waals surface area (Å²) in [6, 6.07) is 26.9. The molecule has 0 aromatic heterocycles. The molecule has 0 saturated heterocycles. The number of hydrogen-bond acceptors (Lipinski definition) is 3. The summed E-state index contributed by atoms with van der Waals surface area (Å²) in [6.07, 6.45) is 1.64. The lowest BCUT2D eigenvalue weighted by molar-refractivity contribution is 0.0953. The summed E-state index contributed by atoms with van der Waals surface area (Å²) >= 11 is 0. The maximum atomic E-state index is 13.0. The van der Waals surface area contributed by atoms with E-state index in [9.17, 15) is 9.59 Å². The van der Waals surface area contributed by atoms with Gasteiger partial charge in [0, 0.05) is 16.5 Å². The third-order valence-corrected chi connectivity index (χ3v) is 5.76. The summed E-state index contributed by atoms with van der Waals surface area (Å²) < 4.78 is 0. The van der Waals surface area contributed by atoms with Gasteiger partial charge in [-0.2, -0.15) is 5.10 Å². The summed E-state index contributed by atoms with van der Waals surface area (Å²) in [5, 5.41) is 6.13. The van der Waals surface area contributed by atoms with Crippen LogP contribution in [0.3, 0.4) is 0 Å². The van der Waals surface area contributed by atoms with E-state index < -0.39 is 0 Å². The Morgan fingerprint density at radius 1 is 0.938 bits per heavy atom. The van der Waals surface area contributed by atoms with Crippen LogP contribution >= 0.6 is 0 Å². The van der Waals surface area contributed by atoms with Crippen LogP contribution in [-0.4, -0.2) is 18.0 Å². The van der Waals surface area contributed by atoms with Crippen LogP contribution < -0.4 is 10.3 Å². The molecule has 0 radical (unpaired) electrons. The van der Waals surface area contributed by atoms with Crippen molar-refractivity contribution in [1.29, 1.82) is 0 Å². The molecule has 156 valence electrons. The SMILES string of the molecule is Cc1ccccc1C=NNC(=O)c1ccc(CN2C(=O)c3cccc4cccc2c34)cc1. The molecule has 4 aromatic rings. The average molecular weight is 419 g/mol. The number of aryl methyl sites for hydroxylation is 1. The molecular formula is C27H21N3O2. The lowest BCUT2D eigenvalue weighted by Crippen LogP contribution is -2.26. The Morgan fingerprint density at radius 2 is 1.69 bits per heavy atom. The van der Waals surface area contributed by atoms with E-state index in [1.54, 1.807) is 23.2 Å². The number of rotatable bonds is 5. The summed E-state index contributed by atoms with van der Waals surface area (Å²) in [6.45, 7) is 2.44. The molecule has 2 amide bonds. The van der Waals surface area contributed by atoms with E-state index in [1.807, 2.05) is 79.7 Å². The van der Waals surface area contributed by atoms with Crippen LogP contribution in [0.4, 0.5) is 5.69 Å². The van der Waals surface area contributed by atoms with Crippen LogP contribution in [0.15, 0.2) is 90.0 Å². The van der Waals surface area contributed by atoms with Crippen molar-refractivity contribution in [2.75, 3.05) is 4.90 Å². The topological polar surface area (TPSA) is 61.8 Å². The van der Waals surface area contributed by atoms with E-state index >= 15 is 0 Å². The summed E-state index contributed by atoms with van der Waals surface area (Å²) in [7, 11) is 0. The normalized spacial score (nSPS) is 12.7. The number of carbonyl (C=O) groups is 2. The Hall–Kier alpha value is -4.25. The molecule has 5 heteroatoms. The fourth-order valence-corrected chi connectivity index (χ4v) is 4.04. The van der Waals surface area contributed by atoms with Gasteiger partial charge in [0.05, 0.1) is 18.4 Å². The third kappa shape index (κ3) is 3.54. The molecule has 0 bridgehead atoms. The second-order valence-corrected chi connectivity index (χ2v) is 7.82. The van der Waals surface area contributed by atoms with Gasteiger partial charge in [0.1, 0.15) is 0 Å². The molecule has 1 aliphatic rings. The molecule has 1 aliphatic heterocycles. The fourth-order valence-electron chi connectivity index (χ4n) is 4.04. The van der Waals surface area contributed by atoms with E-state index in [0.717, 1.165) is 38.7 Å². The quantitative estimate of drug-likeness (QED) is 0.363. The van der Waals surface area contributed by atoms with Crippen molar-refractivity contribution >= 4 is 34.5 Å². The van der Waals surface area contributed by atoms with Crippen molar-refractivity contribution in [3.63, 3.8) is 0 Å². The number of hydrogen-bond donors (Lipinski definition) is 1.